The smallest absolute Gasteiger partial charge is 0.0892 e. The fraction of sp³-hybridized carbons (Fsp3) is 0.0833. The van der Waals surface area contributed by atoms with Crippen LogP contribution < -0.4 is 11.3 Å². The second-order valence-electron chi connectivity index (χ2n) is 3.38. The van der Waals surface area contributed by atoms with Gasteiger partial charge in [-0.1, -0.05) is 30.3 Å². The Hall–Kier alpha value is -1.23. The SMILES string of the molecule is NNC(c1ccccc1)c1ncccc1Br. The molecule has 0 spiro atoms. The van der Waals surface area contributed by atoms with E-state index in [1.807, 2.05) is 42.5 Å². The number of pyridine rings is 1. The summed E-state index contributed by atoms with van der Waals surface area (Å²) >= 11 is 3.48. The molecule has 0 saturated carbocycles. The van der Waals surface area contributed by atoms with Gasteiger partial charge in [-0.05, 0) is 33.6 Å². The van der Waals surface area contributed by atoms with Gasteiger partial charge in [-0.3, -0.25) is 10.8 Å². The number of nitrogens with zero attached hydrogens (tertiary/aromatic N) is 1. The maximum Gasteiger partial charge on any atom is 0.0892 e. The van der Waals surface area contributed by atoms with Crippen LogP contribution in [0.4, 0.5) is 0 Å². The van der Waals surface area contributed by atoms with Crippen molar-refractivity contribution < 1.29 is 0 Å². The Bertz CT molecular complexity index is 459. The third-order valence-corrected chi connectivity index (χ3v) is 3.03. The van der Waals surface area contributed by atoms with E-state index in [2.05, 4.69) is 26.3 Å². The van der Waals surface area contributed by atoms with E-state index >= 15 is 0 Å². The van der Waals surface area contributed by atoms with Crippen molar-refractivity contribution in [2.45, 2.75) is 6.04 Å². The van der Waals surface area contributed by atoms with Gasteiger partial charge in [0.2, 0.25) is 0 Å². The van der Waals surface area contributed by atoms with Gasteiger partial charge < -0.3 is 0 Å². The van der Waals surface area contributed by atoms with Gasteiger partial charge in [-0.15, -0.1) is 0 Å². The third kappa shape index (κ3) is 2.29. The zero-order valence-corrected chi connectivity index (χ0v) is 10.2. The van der Waals surface area contributed by atoms with Gasteiger partial charge in [0.05, 0.1) is 11.7 Å². The van der Waals surface area contributed by atoms with Gasteiger partial charge in [0.15, 0.2) is 0 Å². The molecule has 0 amide bonds. The number of aromatic nitrogens is 1. The van der Waals surface area contributed by atoms with Crippen molar-refractivity contribution in [3.05, 3.63) is 64.4 Å². The zero-order valence-electron chi connectivity index (χ0n) is 8.60. The maximum absolute atomic E-state index is 5.59. The predicted octanol–water partition coefficient (Wildman–Crippen LogP) is 2.40. The van der Waals surface area contributed by atoms with Crippen LogP contribution >= 0.6 is 15.9 Å². The molecule has 3 N–H and O–H groups in total. The molecule has 82 valence electrons. The summed E-state index contributed by atoms with van der Waals surface area (Å²) in [6, 6.07) is 13.7. The van der Waals surface area contributed by atoms with Gasteiger partial charge >= 0.3 is 0 Å². The molecule has 4 heteroatoms. The lowest BCUT2D eigenvalue weighted by atomic mass is 10.0. The normalized spacial score (nSPS) is 12.4. The van der Waals surface area contributed by atoms with Crippen molar-refractivity contribution in [1.29, 1.82) is 0 Å². The molecule has 0 radical (unpaired) electrons. The van der Waals surface area contributed by atoms with Crippen molar-refractivity contribution in [1.82, 2.24) is 10.4 Å². The van der Waals surface area contributed by atoms with E-state index in [1.54, 1.807) is 6.20 Å². The average Bonchev–Trinajstić information content (AvgIpc) is 2.34. The zero-order chi connectivity index (χ0) is 11.4. The summed E-state index contributed by atoms with van der Waals surface area (Å²) in [4.78, 5) is 4.34. The largest absolute Gasteiger partial charge is 0.271 e. The minimum absolute atomic E-state index is 0.100. The summed E-state index contributed by atoms with van der Waals surface area (Å²) in [5.41, 5.74) is 4.76. The molecule has 1 heterocycles. The highest BCUT2D eigenvalue weighted by atomic mass is 79.9. The van der Waals surface area contributed by atoms with Crippen LogP contribution in [0.15, 0.2) is 53.1 Å². The third-order valence-electron chi connectivity index (χ3n) is 2.36. The Morgan fingerprint density at radius 2 is 1.88 bits per heavy atom. The van der Waals surface area contributed by atoms with Gasteiger partial charge in [0.25, 0.3) is 0 Å². The maximum atomic E-state index is 5.59. The number of nitrogens with one attached hydrogen (secondary N) is 1. The fourth-order valence-electron chi connectivity index (χ4n) is 1.59. The lowest BCUT2D eigenvalue weighted by molar-refractivity contribution is 0.618. The molecule has 1 aromatic carbocycles. The molecular formula is C12H12BrN3. The first-order chi connectivity index (χ1) is 7.83. The number of hydrogen-bond donors (Lipinski definition) is 2. The average molecular weight is 278 g/mol. The number of hydrazine groups is 1. The molecule has 2 rings (SSSR count). The monoisotopic (exact) mass is 277 g/mol. The highest BCUT2D eigenvalue weighted by molar-refractivity contribution is 9.10. The van der Waals surface area contributed by atoms with Crippen molar-refractivity contribution in [2.24, 2.45) is 5.84 Å². The van der Waals surface area contributed by atoms with Crippen molar-refractivity contribution >= 4 is 15.9 Å². The molecule has 0 aliphatic heterocycles. The number of nitrogens with two attached hydrogens (primary N) is 1. The van der Waals surface area contributed by atoms with Gasteiger partial charge in [0.1, 0.15) is 0 Å². The molecular weight excluding hydrogens is 266 g/mol. The van der Waals surface area contributed by atoms with E-state index in [1.165, 1.54) is 0 Å². The Labute approximate surface area is 103 Å². The van der Waals surface area contributed by atoms with E-state index < -0.39 is 0 Å². The Morgan fingerprint density at radius 3 is 2.50 bits per heavy atom. The van der Waals surface area contributed by atoms with Crippen LogP contribution in [0.5, 0.6) is 0 Å². The highest BCUT2D eigenvalue weighted by Gasteiger charge is 2.15. The molecule has 0 saturated heterocycles. The minimum Gasteiger partial charge on any atom is -0.271 e. The minimum atomic E-state index is -0.100. The number of hydrogen-bond acceptors (Lipinski definition) is 3. The van der Waals surface area contributed by atoms with Gasteiger partial charge in [-0.2, -0.15) is 0 Å². The van der Waals surface area contributed by atoms with Crippen molar-refractivity contribution in [2.75, 3.05) is 0 Å². The van der Waals surface area contributed by atoms with Crippen LogP contribution in [0, 0.1) is 0 Å². The molecule has 0 aliphatic rings. The summed E-state index contributed by atoms with van der Waals surface area (Å²) in [7, 11) is 0. The molecule has 0 bridgehead atoms. The topological polar surface area (TPSA) is 50.9 Å². The number of halogens is 1. The standard InChI is InChI=1S/C12H12BrN3/c13-10-7-4-8-15-12(10)11(16-14)9-5-2-1-3-6-9/h1-8,11,16H,14H2. The molecule has 0 aliphatic carbocycles. The first-order valence-electron chi connectivity index (χ1n) is 4.94. The number of benzene rings is 1. The quantitative estimate of drug-likeness (QED) is 0.669. The summed E-state index contributed by atoms with van der Waals surface area (Å²) in [5, 5.41) is 0. The molecule has 1 atom stereocenters. The highest BCUT2D eigenvalue weighted by Crippen LogP contribution is 2.25. The molecule has 2 aromatic rings. The number of rotatable bonds is 3. The lowest BCUT2D eigenvalue weighted by Gasteiger charge is -2.16. The van der Waals surface area contributed by atoms with E-state index in [0.29, 0.717) is 0 Å². The van der Waals surface area contributed by atoms with E-state index in [0.717, 1.165) is 15.7 Å². The summed E-state index contributed by atoms with van der Waals surface area (Å²) < 4.78 is 0.946. The van der Waals surface area contributed by atoms with E-state index in [-0.39, 0.29) is 6.04 Å². The van der Waals surface area contributed by atoms with E-state index in [9.17, 15) is 0 Å². The van der Waals surface area contributed by atoms with Crippen LogP contribution in [0.1, 0.15) is 17.3 Å². The Morgan fingerprint density at radius 1 is 1.12 bits per heavy atom. The van der Waals surface area contributed by atoms with Crippen LogP contribution in [-0.2, 0) is 0 Å². The molecule has 16 heavy (non-hydrogen) atoms. The summed E-state index contributed by atoms with van der Waals surface area (Å²) in [5.74, 6) is 5.59. The van der Waals surface area contributed by atoms with Crippen LogP contribution in [-0.4, -0.2) is 4.98 Å². The summed E-state index contributed by atoms with van der Waals surface area (Å²) in [6.45, 7) is 0. The second-order valence-corrected chi connectivity index (χ2v) is 4.24. The summed E-state index contributed by atoms with van der Waals surface area (Å²) in [6.07, 6.45) is 1.76. The van der Waals surface area contributed by atoms with E-state index in [4.69, 9.17) is 5.84 Å². The molecule has 0 fully saturated rings. The fourth-order valence-corrected chi connectivity index (χ4v) is 2.07. The molecule has 3 nitrogen and oxygen atoms in total. The van der Waals surface area contributed by atoms with Crippen molar-refractivity contribution in [3.8, 4) is 0 Å². The molecule has 1 aromatic heterocycles. The van der Waals surface area contributed by atoms with Gasteiger partial charge in [0, 0.05) is 10.7 Å². The first-order valence-corrected chi connectivity index (χ1v) is 5.73. The lowest BCUT2D eigenvalue weighted by Crippen LogP contribution is -2.29. The second kappa shape index (κ2) is 5.21. The van der Waals surface area contributed by atoms with Crippen LogP contribution in [0.3, 0.4) is 0 Å². The van der Waals surface area contributed by atoms with Crippen molar-refractivity contribution in [3.63, 3.8) is 0 Å². The first kappa shape index (κ1) is 11.3. The Balaban J connectivity index is 2.41. The molecule has 1 unspecified atom stereocenters. The van der Waals surface area contributed by atoms with Crippen LogP contribution in [0.2, 0.25) is 0 Å². The Kier molecular flexibility index (Phi) is 3.66. The van der Waals surface area contributed by atoms with Crippen LogP contribution in [0.25, 0.3) is 0 Å². The predicted molar refractivity (Wildman–Crippen MR) is 67.5 cm³/mol. The van der Waals surface area contributed by atoms with Gasteiger partial charge in [-0.25, -0.2) is 5.43 Å².